The number of hydrogen-bond acceptors (Lipinski definition) is 2. The SMILES string of the molecule is Cc1n[c-]nc(C)c1C.[CH3-].[Y+3]. The minimum Gasteiger partial charge on any atom is -0.371 e. The van der Waals surface area contributed by atoms with Crippen LogP contribution in [0.2, 0.25) is 0 Å². The Bertz CT molecular complexity index is 203. The third-order valence-electron chi connectivity index (χ3n) is 1.52. The molecule has 0 saturated carbocycles. The van der Waals surface area contributed by atoms with Crippen molar-refractivity contribution >= 4 is 0 Å². The number of aryl methyl sites for hydroxylation is 2. The number of rotatable bonds is 0. The van der Waals surface area contributed by atoms with E-state index in [0.29, 0.717) is 0 Å². The minimum atomic E-state index is 0. The zero-order valence-corrected chi connectivity index (χ0v) is 10.3. The fourth-order valence-electron chi connectivity index (χ4n) is 0.605. The summed E-state index contributed by atoms with van der Waals surface area (Å²) in [6.07, 6.45) is 2.57. The Hall–Kier alpha value is 0.184. The molecule has 0 amide bonds. The maximum absolute atomic E-state index is 3.90. The predicted molar refractivity (Wildman–Crippen MR) is 41.5 cm³/mol. The molecule has 1 aromatic heterocycles. The normalized spacial score (nSPS) is 7.91. The van der Waals surface area contributed by atoms with Gasteiger partial charge in [0.2, 0.25) is 0 Å². The molecule has 2 nitrogen and oxygen atoms in total. The summed E-state index contributed by atoms with van der Waals surface area (Å²) in [7, 11) is 0. The maximum Gasteiger partial charge on any atom is 3.00 e. The first kappa shape index (κ1) is 13.8. The first-order valence-electron chi connectivity index (χ1n) is 2.89. The predicted octanol–water partition coefficient (Wildman–Crippen LogP) is 1.65. The van der Waals surface area contributed by atoms with Crippen molar-refractivity contribution in [3.8, 4) is 0 Å². The van der Waals surface area contributed by atoms with Crippen molar-refractivity contribution < 1.29 is 32.7 Å². The topological polar surface area (TPSA) is 25.8 Å². The van der Waals surface area contributed by atoms with Crippen LogP contribution in [-0.2, 0) is 32.7 Å². The molecule has 1 aromatic rings. The zero-order chi connectivity index (χ0) is 6.85. The van der Waals surface area contributed by atoms with E-state index in [1.807, 2.05) is 20.8 Å². The van der Waals surface area contributed by atoms with E-state index in [-0.39, 0.29) is 40.1 Å². The first-order chi connectivity index (χ1) is 4.22. The molecule has 0 unspecified atom stereocenters. The molecule has 0 aliphatic carbocycles. The van der Waals surface area contributed by atoms with E-state index in [1.54, 1.807) is 0 Å². The van der Waals surface area contributed by atoms with E-state index in [2.05, 4.69) is 16.3 Å². The second-order valence-electron chi connectivity index (χ2n) is 2.12. The van der Waals surface area contributed by atoms with Gasteiger partial charge in [-0.1, -0.05) is 32.2 Å². The van der Waals surface area contributed by atoms with Crippen LogP contribution in [0.3, 0.4) is 0 Å². The van der Waals surface area contributed by atoms with E-state index < -0.39 is 0 Å². The van der Waals surface area contributed by atoms with Gasteiger partial charge in [-0.25, -0.2) is 0 Å². The van der Waals surface area contributed by atoms with Crippen molar-refractivity contribution in [2.24, 2.45) is 0 Å². The molecule has 1 rings (SSSR count). The van der Waals surface area contributed by atoms with Crippen LogP contribution in [-0.4, -0.2) is 9.97 Å². The van der Waals surface area contributed by atoms with Gasteiger partial charge in [-0.15, -0.1) is 5.56 Å². The van der Waals surface area contributed by atoms with Crippen LogP contribution >= 0.6 is 0 Å². The van der Waals surface area contributed by atoms with Crippen molar-refractivity contribution in [2.75, 3.05) is 0 Å². The average Bonchev–Trinajstić information content (AvgIpc) is 1.83. The molecule has 11 heavy (non-hydrogen) atoms. The maximum atomic E-state index is 3.90. The molecule has 0 aromatic carbocycles. The van der Waals surface area contributed by atoms with Gasteiger partial charge in [0.25, 0.3) is 0 Å². The number of nitrogens with zero attached hydrogens (tertiary/aromatic N) is 2. The molecule has 0 saturated heterocycles. The smallest absolute Gasteiger partial charge is 0.371 e. The summed E-state index contributed by atoms with van der Waals surface area (Å²) < 4.78 is 0. The largest absolute Gasteiger partial charge is 3.00 e. The van der Waals surface area contributed by atoms with Crippen LogP contribution in [0.5, 0.6) is 0 Å². The van der Waals surface area contributed by atoms with Gasteiger partial charge in [0, 0.05) is 6.33 Å². The molecule has 0 spiro atoms. The number of aromatic nitrogens is 2. The van der Waals surface area contributed by atoms with Crippen LogP contribution < -0.4 is 0 Å². The Morgan fingerprint density at radius 3 is 1.64 bits per heavy atom. The Kier molecular flexibility index (Phi) is 7.23. The summed E-state index contributed by atoms with van der Waals surface area (Å²) in [5.74, 6) is 0. The standard InChI is InChI=1S/C7H9N2.CH3.Y/c1-5-6(2)8-4-9-7(5)3;;/h1-3H3;1H3;/q2*-1;+3. The quantitative estimate of drug-likeness (QED) is 0.627. The van der Waals surface area contributed by atoms with E-state index in [9.17, 15) is 0 Å². The van der Waals surface area contributed by atoms with Gasteiger partial charge < -0.3 is 17.4 Å². The first-order valence-corrected chi connectivity index (χ1v) is 2.89. The van der Waals surface area contributed by atoms with Crippen LogP contribution in [0.4, 0.5) is 0 Å². The Morgan fingerprint density at radius 2 is 1.36 bits per heavy atom. The van der Waals surface area contributed by atoms with Crippen LogP contribution in [0.1, 0.15) is 17.0 Å². The van der Waals surface area contributed by atoms with Gasteiger partial charge in [-0.05, 0) is 0 Å². The Morgan fingerprint density at radius 1 is 1.00 bits per heavy atom. The fourth-order valence-corrected chi connectivity index (χ4v) is 0.605. The van der Waals surface area contributed by atoms with Crippen LogP contribution in [0, 0.1) is 34.5 Å². The Labute approximate surface area is 93.7 Å². The van der Waals surface area contributed by atoms with Crippen molar-refractivity contribution in [2.45, 2.75) is 20.8 Å². The molecule has 1 heterocycles. The number of hydrogen-bond donors (Lipinski definition) is 0. The summed E-state index contributed by atoms with van der Waals surface area (Å²) in [5.41, 5.74) is 3.19. The van der Waals surface area contributed by atoms with Crippen molar-refractivity contribution in [1.82, 2.24) is 9.97 Å². The van der Waals surface area contributed by atoms with Gasteiger partial charge in [0.15, 0.2) is 0 Å². The van der Waals surface area contributed by atoms with Crippen molar-refractivity contribution in [3.05, 3.63) is 30.7 Å². The Balaban J connectivity index is 0. The van der Waals surface area contributed by atoms with Crippen LogP contribution in [0.15, 0.2) is 0 Å². The molecule has 0 atom stereocenters. The molecule has 0 fully saturated rings. The van der Waals surface area contributed by atoms with Crippen LogP contribution in [0.25, 0.3) is 0 Å². The fraction of sp³-hybridized carbons (Fsp3) is 0.375. The summed E-state index contributed by atoms with van der Waals surface area (Å²) in [4.78, 5) is 7.81. The molecule has 3 heteroatoms. The third kappa shape index (κ3) is 3.39. The summed E-state index contributed by atoms with van der Waals surface area (Å²) in [6, 6.07) is 0. The molecule has 0 N–H and O–H groups in total. The second kappa shape index (κ2) is 5.79. The molecular formula is C8H12N2Y+. The molecule has 0 radical (unpaired) electrons. The summed E-state index contributed by atoms with van der Waals surface area (Å²) in [6.45, 7) is 5.93. The molecule has 0 aliphatic heterocycles. The minimum absolute atomic E-state index is 0. The van der Waals surface area contributed by atoms with Crippen molar-refractivity contribution in [3.63, 3.8) is 0 Å². The molecule has 0 bridgehead atoms. The molecular weight excluding hydrogens is 213 g/mol. The average molecular weight is 225 g/mol. The van der Waals surface area contributed by atoms with E-state index in [4.69, 9.17) is 0 Å². The summed E-state index contributed by atoms with van der Waals surface area (Å²) >= 11 is 0. The summed E-state index contributed by atoms with van der Waals surface area (Å²) in [5, 5.41) is 0. The van der Waals surface area contributed by atoms with Gasteiger partial charge in [-0.3, -0.25) is 0 Å². The molecule has 56 valence electrons. The van der Waals surface area contributed by atoms with Gasteiger partial charge in [-0.2, -0.15) is 0 Å². The third-order valence-corrected chi connectivity index (χ3v) is 1.52. The van der Waals surface area contributed by atoms with Gasteiger partial charge >= 0.3 is 32.7 Å². The van der Waals surface area contributed by atoms with E-state index in [1.165, 1.54) is 0 Å². The van der Waals surface area contributed by atoms with E-state index in [0.717, 1.165) is 17.0 Å². The second-order valence-corrected chi connectivity index (χ2v) is 2.12. The molecule has 0 aliphatic rings. The van der Waals surface area contributed by atoms with Gasteiger partial charge in [0.05, 0.1) is 0 Å². The zero-order valence-electron chi connectivity index (χ0n) is 7.47. The monoisotopic (exact) mass is 225 g/mol. The van der Waals surface area contributed by atoms with Crippen molar-refractivity contribution in [1.29, 1.82) is 0 Å². The van der Waals surface area contributed by atoms with Gasteiger partial charge in [0.1, 0.15) is 0 Å². The van der Waals surface area contributed by atoms with E-state index >= 15 is 0 Å².